The summed E-state index contributed by atoms with van der Waals surface area (Å²) in [5.41, 5.74) is 12.0. The van der Waals surface area contributed by atoms with Crippen LogP contribution in [0.4, 0.5) is 0 Å². The van der Waals surface area contributed by atoms with E-state index in [-0.39, 0.29) is 24.8 Å². The molecule has 10 atom stereocenters. The molecule has 120 heavy (non-hydrogen) atoms. The Bertz CT molecular complexity index is 3900. The first kappa shape index (κ1) is 101. The first-order chi connectivity index (χ1) is 57.9. The molecule has 9 aromatic carbocycles. The number of phenolic OH excluding ortho intramolecular Hbond substituents is 3. The van der Waals surface area contributed by atoms with E-state index in [1.807, 2.05) is 124 Å². The van der Waals surface area contributed by atoms with Crippen molar-refractivity contribution in [2.75, 3.05) is 26.4 Å². The molecule has 2 fully saturated rings. The lowest BCUT2D eigenvalue weighted by atomic mass is 9.84. The van der Waals surface area contributed by atoms with Gasteiger partial charge in [0.05, 0.1) is 19.8 Å². The third-order valence-electron chi connectivity index (χ3n) is 23.5. The Kier molecular flexibility index (Phi) is 49.7. The van der Waals surface area contributed by atoms with Crippen LogP contribution in [0.15, 0.2) is 224 Å². The van der Waals surface area contributed by atoms with Crippen LogP contribution in [0.1, 0.15) is 338 Å². The molecule has 0 saturated heterocycles. The molecule has 0 spiro atoms. The molecular weight excluding hydrogens is 1490 g/mol. The molecule has 10 unspecified atom stereocenters. The van der Waals surface area contributed by atoms with Crippen molar-refractivity contribution in [3.63, 3.8) is 0 Å². The molecule has 9 aromatic rings. The largest absolute Gasteiger partial charge is 0.508 e. The number of carbonyl (C=O) groups excluding carboxylic acids is 1. The second-order valence-corrected chi connectivity index (χ2v) is 32.8. The highest BCUT2D eigenvalue weighted by Crippen LogP contribution is 2.35. The third kappa shape index (κ3) is 41.0. The second-order valence-electron chi connectivity index (χ2n) is 32.8. The average Bonchev–Trinajstić information content (AvgIpc) is 0.880. The van der Waals surface area contributed by atoms with Gasteiger partial charge in [-0.05, 0) is 292 Å². The molecular formula is C108H152O12. The molecule has 12 heteroatoms. The van der Waals surface area contributed by atoms with E-state index in [1.54, 1.807) is 36.4 Å². The summed E-state index contributed by atoms with van der Waals surface area (Å²) in [6.45, 7) is 40.5. The van der Waals surface area contributed by atoms with Gasteiger partial charge < -0.3 is 53.2 Å². The average molecular weight is 1640 g/mol. The Morgan fingerprint density at radius 2 is 0.600 bits per heavy atom. The zero-order valence-electron chi connectivity index (χ0n) is 76.6. The van der Waals surface area contributed by atoms with Gasteiger partial charge in [0.15, 0.2) is 18.9 Å². The molecule has 0 radical (unpaired) electrons. The van der Waals surface area contributed by atoms with Gasteiger partial charge >= 0.3 is 5.97 Å². The maximum absolute atomic E-state index is 10.7. The Balaban J connectivity index is 0.000000257. The molecule has 11 rings (SSSR count). The number of benzene rings is 9. The van der Waals surface area contributed by atoms with Crippen molar-refractivity contribution >= 4 is 5.97 Å². The van der Waals surface area contributed by atoms with Gasteiger partial charge in [-0.25, -0.2) is 0 Å². The minimum absolute atomic E-state index is 0.168. The normalized spacial score (nSPS) is 15.0. The highest BCUT2D eigenvalue weighted by atomic mass is 16.7. The molecule has 12 nitrogen and oxygen atoms in total. The maximum Gasteiger partial charge on any atom is 0.308 e. The number of ether oxygens (including phenoxy) is 8. The summed E-state index contributed by atoms with van der Waals surface area (Å²) in [6, 6.07) is 74.0. The van der Waals surface area contributed by atoms with Gasteiger partial charge in [0.2, 0.25) is 0 Å². The van der Waals surface area contributed by atoms with E-state index in [1.165, 1.54) is 134 Å². The van der Waals surface area contributed by atoms with E-state index in [2.05, 4.69) is 182 Å². The molecule has 0 aromatic heterocycles. The van der Waals surface area contributed by atoms with E-state index in [0.29, 0.717) is 84.2 Å². The number of esters is 1. The molecule has 0 heterocycles. The van der Waals surface area contributed by atoms with Gasteiger partial charge in [-0.15, -0.1) is 0 Å². The van der Waals surface area contributed by atoms with Gasteiger partial charge in [-0.2, -0.15) is 0 Å². The summed E-state index contributed by atoms with van der Waals surface area (Å²) in [6.07, 6.45) is 23.1. The van der Waals surface area contributed by atoms with Crippen LogP contribution in [0.5, 0.6) is 46.0 Å². The summed E-state index contributed by atoms with van der Waals surface area (Å²) in [5, 5.41) is 27.0. The molecule has 2 aliphatic carbocycles. The smallest absolute Gasteiger partial charge is 0.308 e. The molecule has 2 saturated carbocycles. The highest BCUT2D eigenvalue weighted by molar-refractivity contribution is 5.69. The zero-order valence-corrected chi connectivity index (χ0v) is 76.6. The molecule has 0 bridgehead atoms. The maximum atomic E-state index is 10.7. The van der Waals surface area contributed by atoms with Crippen molar-refractivity contribution in [3.05, 3.63) is 275 Å². The summed E-state index contributed by atoms with van der Waals surface area (Å²) in [7, 11) is 0. The van der Waals surface area contributed by atoms with E-state index < -0.39 is 0 Å². The van der Waals surface area contributed by atoms with Crippen molar-refractivity contribution in [2.45, 2.75) is 313 Å². The topological polar surface area (TPSA) is 152 Å². The van der Waals surface area contributed by atoms with Gasteiger partial charge in [0.25, 0.3) is 0 Å². The van der Waals surface area contributed by atoms with Gasteiger partial charge in [0.1, 0.15) is 52.6 Å². The third-order valence-corrected chi connectivity index (χ3v) is 23.5. The number of aromatic hydroxyl groups is 3. The minimum atomic E-state index is -0.304. The van der Waals surface area contributed by atoms with Crippen molar-refractivity contribution in [3.8, 4) is 46.0 Å². The van der Waals surface area contributed by atoms with Gasteiger partial charge in [-0.1, -0.05) is 276 Å². The van der Waals surface area contributed by atoms with Crippen LogP contribution in [-0.4, -0.2) is 66.6 Å². The first-order valence-corrected chi connectivity index (χ1v) is 45.4. The van der Waals surface area contributed by atoms with Crippen LogP contribution >= 0.6 is 0 Å². The van der Waals surface area contributed by atoms with Crippen molar-refractivity contribution in [2.24, 2.45) is 5.92 Å². The van der Waals surface area contributed by atoms with Crippen LogP contribution in [0.2, 0.25) is 0 Å². The molecule has 2 aliphatic rings. The Morgan fingerprint density at radius 1 is 0.317 bits per heavy atom. The summed E-state index contributed by atoms with van der Waals surface area (Å²) in [4.78, 5) is 10.7. The zero-order chi connectivity index (χ0) is 87.4. The lowest BCUT2D eigenvalue weighted by molar-refractivity contribution is -0.131. The van der Waals surface area contributed by atoms with E-state index in [4.69, 9.17) is 53.2 Å². The standard InChI is InChI=1S/C26H36O3.C20H32O2.C20H26O2.C12H16O2.3C10H14O/c1-4-20(2)22-10-16-26(17-11-22)29-21(3)27-18-19-28-25-14-12-24(13-15-25)23-8-6-5-7-9-23;2*1-4-16(2)19-10-12-20(13-11-19)22-17(3)21-15-14-18-8-6-5-7-9-18;1-4-9(2)11-5-7-12(8-6-11)14-10(3)13;3*1-3-8(2)9-4-6-10(11)7-5-9/h10-17,20-21,23H,4-9,18-19H2,1-3H3;10-13,16-18H,4-9,14-15H2,1-3H3;5-13,16-17H,4,14-15H2,1-3H3;5-9H,4H2,1-3H3;3*4-8,11H,3H2,1-2H3. The molecule has 3 N–H and O–H groups in total. The quantitative estimate of drug-likeness (QED) is 0.0150. The van der Waals surface area contributed by atoms with Crippen LogP contribution in [0.3, 0.4) is 0 Å². The molecule has 656 valence electrons. The Morgan fingerprint density at radius 3 is 0.917 bits per heavy atom. The van der Waals surface area contributed by atoms with Crippen LogP contribution in [0.25, 0.3) is 0 Å². The lowest BCUT2D eigenvalue weighted by Gasteiger charge is -2.22. The fraction of sp³-hybridized carbons (Fsp3) is 0.491. The molecule has 0 aliphatic heterocycles. The van der Waals surface area contributed by atoms with Crippen LogP contribution < -0.4 is 23.7 Å². The fourth-order valence-corrected chi connectivity index (χ4v) is 13.9. The summed E-state index contributed by atoms with van der Waals surface area (Å²) < 4.78 is 45.5. The molecule has 0 amide bonds. The monoisotopic (exact) mass is 1640 g/mol. The predicted molar refractivity (Wildman–Crippen MR) is 500 cm³/mol. The number of phenols is 3. The van der Waals surface area contributed by atoms with Crippen molar-refractivity contribution in [1.29, 1.82) is 0 Å². The minimum Gasteiger partial charge on any atom is -0.508 e. The van der Waals surface area contributed by atoms with Crippen molar-refractivity contribution in [1.82, 2.24) is 0 Å². The number of hydrogen-bond donors (Lipinski definition) is 3. The number of hydrogen-bond acceptors (Lipinski definition) is 12. The SMILES string of the molecule is CCC(C)c1ccc(O)cc1.CCC(C)c1ccc(O)cc1.CCC(C)c1ccc(O)cc1.CCC(C)c1ccc(OC(C)=O)cc1.CCC(C)c1ccc(OC(C)OCCC2CCCCC2)cc1.CCC(C)c1ccc(OC(C)OCCOc2ccc(C3CCCCC3)cc2)cc1.CCC(C)c1ccc(OC(C)OCCc2ccccc2)cc1. The van der Waals surface area contributed by atoms with Crippen LogP contribution in [0, 0.1) is 5.92 Å². The summed E-state index contributed by atoms with van der Waals surface area (Å²) >= 11 is 0. The van der Waals surface area contributed by atoms with Crippen LogP contribution in [-0.2, 0) is 25.4 Å². The van der Waals surface area contributed by atoms with E-state index >= 15 is 0 Å². The first-order valence-electron chi connectivity index (χ1n) is 45.4. The van der Waals surface area contributed by atoms with E-state index in [9.17, 15) is 4.79 Å². The van der Waals surface area contributed by atoms with Crippen molar-refractivity contribution < 1.29 is 58.0 Å². The fourth-order valence-electron chi connectivity index (χ4n) is 13.9. The van der Waals surface area contributed by atoms with Gasteiger partial charge in [0, 0.05) is 6.92 Å². The number of carbonyl (C=O) groups is 1. The lowest BCUT2D eigenvalue weighted by Crippen LogP contribution is -2.19. The Hall–Kier alpha value is -9.07. The summed E-state index contributed by atoms with van der Waals surface area (Å²) in [5.74, 6) is 10.6. The number of rotatable bonds is 35. The second kappa shape index (κ2) is 58.8. The van der Waals surface area contributed by atoms with E-state index in [0.717, 1.165) is 86.4 Å². The highest BCUT2D eigenvalue weighted by Gasteiger charge is 2.18. The van der Waals surface area contributed by atoms with Gasteiger partial charge in [-0.3, -0.25) is 4.79 Å². The predicted octanol–water partition coefficient (Wildman–Crippen LogP) is 30.0. The Labute approximate surface area is 725 Å².